The average molecular weight is 363 g/mol. The Balaban J connectivity index is 2.08. The number of carbonyl (C=O) groups is 1. The Morgan fingerprint density at radius 1 is 1.23 bits per heavy atom. The Morgan fingerprint density at radius 2 is 2.00 bits per heavy atom. The van der Waals surface area contributed by atoms with E-state index in [0.29, 0.717) is 5.69 Å². The van der Waals surface area contributed by atoms with E-state index in [1.54, 1.807) is 28.8 Å². The third kappa shape index (κ3) is 2.29. The number of benzene rings is 1. The zero-order valence-corrected chi connectivity index (χ0v) is 12.6. The first-order valence-corrected chi connectivity index (χ1v) is 7.02. The summed E-state index contributed by atoms with van der Waals surface area (Å²) in [6, 6.07) is 10.1. The SMILES string of the molecule is O=C(c1ccc([N+](=O)[O-])c(F)c1)c1ccc2c(Br)cccn12. The molecular weight excluding hydrogens is 355 g/mol. The van der Waals surface area contributed by atoms with Crippen LogP contribution < -0.4 is 0 Å². The molecule has 2 heterocycles. The van der Waals surface area contributed by atoms with Crippen LogP contribution in [0.25, 0.3) is 5.52 Å². The maximum atomic E-state index is 13.7. The molecule has 0 aliphatic carbocycles. The predicted molar refractivity (Wildman–Crippen MR) is 81.6 cm³/mol. The zero-order chi connectivity index (χ0) is 15.9. The molecule has 22 heavy (non-hydrogen) atoms. The monoisotopic (exact) mass is 362 g/mol. The summed E-state index contributed by atoms with van der Waals surface area (Å²) in [7, 11) is 0. The van der Waals surface area contributed by atoms with Crippen molar-refractivity contribution in [2.24, 2.45) is 0 Å². The van der Waals surface area contributed by atoms with E-state index in [2.05, 4.69) is 15.9 Å². The number of aromatic nitrogens is 1. The molecule has 110 valence electrons. The highest BCUT2D eigenvalue weighted by atomic mass is 79.9. The second kappa shape index (κ2) is 5.34. The average Bonchev–Trinajstić information content (AvgIpc) is 2.91. The minimum atomic E-state index is -1.03. The first-order chi connectivity index (χ1) is 10.5. The Kier molecular flexibility index (Phi) is 3.50. The fourth-order valence-corrected chi connectivity index (χ4v) is 2.71. The van der Waals surface area contributed by atoms with Gasteiger partial charge in [-0.1, -0.05) is 0 Å². The van der Waals surface area contributed by atoms with E-state index in [1.165, 1.54) is 6.07 Å². The molecule has 0 fully saturated rings. The number of ketones is 1. The summed E-state index contributed by atoms with van der Waals surface area (Å²) in [4.78, 5) is 22.3. The number of carbonyl (C=O) groups excluding carboxylic acids is 1. The van der Waals surface area contributed by atoms with Gasteiger partial charge in [-0.15, -0.1) is 0 Å². The van der Waals surface area contributed by atoms with Crippen LogP contribution in [-0.4, -0.2) is 15.1 Å². The van der Waals surface area contributed by atoms with Gasteiger partial charge in [-0.3, -0.25) is 14.9 Å². The van der Waals surface area contributed by atoms with Crippen LogP contribution in [0.5, 0.6) is 0 Å². The normalized spacial score (nSPS) is 10.8. The van der Waals surface area contributed by atoms with Crippen LogP contribution in [0, 0.1) is 15.9 Å². The predicted octanol–water partition coefficient (Wildman–Crippen LogP) is 3.98. The Hall–Kier alpha value is -2.54. The molecule has 0 bridgehead atoms. The summed E-state index contributed by atoms with van der Waals surface area (Å²) in [6.07, 6.45) is 1.72. The lowest BCUT2D eigenvalue weighted by molar-refractivity contribution is -0.387. The highest BCUT2D eigenvalue weighted by Gasteiger charge is 2.19. The minimum Gasteiger partial charge on any atom is -0.313 e. The lowest BCUT2D eigenvalue weighted by Crippen LogP contribution is -2.06. The van der Waals surface area contributed by atoms with Crippen molar-refractivity contribution < 1.29 is 14.1 Å². The summed E-state index contributed by atoms with van der Waals surface area (Å²) in [6.45, 7) is 0. The molecule has 0 spiro atoms. The number of fused-ring (bicyclic) bond motifs is 1. The van der Waals surface area contributed by atoms with Gasteiger partial charge in [0, 0.05) is 22.3 Å². The van der Waals surface area contributed by atoms with Gasteiger partial charge in [-0.2, -0.15) is 4.39 Å². The number of pyridine rings is 1. The van der Waals surface area contributed by atoms with E-state index in [9.17, 15) is 19.3 Å². The van der Waals surface area contributed by atoms with Crippen LogP contribution in [0.15, 0.2) is 53.1 Å². The summed E-state index contributed by atoms with van der Waals surface area (Å²) >= 11 is 3.39. The minimum absolute atomic E-state index is 0.0584. The molecule has 0 amide bonds. The molecule has 5 nitrogen and oxygen atoms in total. The molecule has 0 atom stereocenters. The fraction of sp³-hybridized carbons (Fsp3) is 0. The van der Waals surface area contributed by atoms with Gasteiger partial charge in [0.05, 0.1) is 16.1 Å². The molecule has 2 aromatic heterocycles. The van der Waals surface area contributed by atoms with E-state index in [4.69, 9.17) is 0 Å². The van der Waals surface area contributed by atoms with Crippen molar-refractivity contribution >= 4 is 32.9 Å². The van der Waals surface area contributed by atoms with Gasteiger partial charge in [0.15, 0.2) is 0 Å². The van der Waals surface area contributed by atoms with E-state index in [-0.39, 0.29) is 5.56 Å². The zero-order valence-electron chi connectivity index (χ0n) is 11.0. The van der Waals surface area contributed by atoms with Gasteiger partial charge in [0.2, 0.25) is 11.6 Å². The van der Waals surface area contributed by atoms with Gasteiger partial charge in [0.1, 0.15) is 0 Å². The maximum Gasteiger partial charge on any atom is 0.304 e. The smallest absolute Gasteiger partial charge is 0.304 e. The largest absolute Gasteiger partial charge is 0.313 e. The fourth-order valence-electron chi connectivity index (χ4n) is 2.23. The molecule has 1 aromatic carbocycles. The molecule has 0 unspecified atom stereocenters. The lowest BCUT2D eigenvalue weighted by atomic mass is 10.1. The lowest BCUT2D eigenvalue weighted by Gasteiger charge is -2.04. The number of rotatable bonds is 3. The van der Waals surface area contributed by atoms with Gasteiger partial charge >= 0.3 is 5.69 Å². The number of halogens is 2. The molecule has 0 N–H and O–H groups in total. The number of nitrogens with zero attached hydrogens (tertiary/aromatic N) is 2. The summed E-state index contributed by atoms with van der Waals surface area (Å²) in [5.74, 6) is -1.44. The molecule has 3 aromatic rings. The molecule has 7 heteroatoms. The molecule has 0 radical (unpaired) electrons. The summed E-state index contributed by atoms with van der Waals surface area (Å²) in [5, 5.41) is 10.6. The molecule has 0 aliphatic rings. The molecular formula is C15H8BrFN2O3. The van der Waals surface area contributed by atoms with Crippen LogP contribution >= 0.6 is 15.9 Å². The number of hydrogen-bond donors (Lipinski definition) is 0. The second-order valence-electron chi connectivity index (χ2n) is 4.58. The van der Waals surface area contributed by atoms with E-state index in [1.807, 2.05) is 6.07 Å². The van der Waals surface area contributed by atoms with E-state index in [0.717, 1.165) is 22.1 Å². The number of hydrogen-bond acceptors (Lipinski definition) is 3. The van der Waals surface area contributed by atoms with Gasteiger partial charge in [-0.05, 0) is 52.3 Å². The van der Waals surface area contributed by atoms with Crippen LogP contribution in [-0.2, 0) is 0 Å². The van der Waals surface area contributed by atoms with Gasteiger partial charge in [-0.25, -0.2) is 0 Å². The highest BCUT2D eigenvalue weighted by Crippen LogP contribution is 2.24. The quantitative estimate of drug-likeness (QED) is 0.402. The third-order valence-corrected chi connectivity index (χ3v) is 3.95. The van der Waals surface area contributed by atoms with Crippen molar-refractivity contribution in [3.63, 3.8) is 0 Å². The van der Waals surface area contributed by atoms with Gasteiger partial charge in [0.25, 0.3) is 0 Å². The maximum absolute atomic E-state index is 13.7. The van der Waals surface area contributed by atoms with Crippen molar-refractivity contribution in [2.75, 3.05) is 0 Å². The van der Waals surface area contributed by atoms with Crippen LogP contribution in [0.4, 0.5) is 10.1 Å². The molecule has 0 saturated heterocycles. The third-order valence-electron chi connectivity index (χ3n) is 3.28. The molecule has 0 saturated carbocycles. The first-order valence-electron chi connectivity index (χ1n) is 6.23. The summed E-state index contributed by atoms with van der Waals surface area (Å²) < 4.78 is 16.2. The van der Waals surface area contributed by atoms with Crippen molar-refractivity contribution in [3.8, 4) is 0 Å². The Bertz CT molecular complexity index is 920. The van der Waals surface area contributed by atoms with E-state index >= 15 is 0 Å². The summed E-state index contributed by atoms with van der Waals surface area (Å²) in [5.41, 5.74) is 0.556. The molecule has 0 aliphatic heterocycles. The van der Waals surface area contributed by atoms with Crippen LogP contribution in [0.1, 0.15) is 16.1 Å². The van der Waals surface area contributed by atoms with Crippen molar-refractivity contribution in [2.45, 2.75) is 0 Å². The number of nitro benzene ring substituents is 1. The van der Waals surface area contributed by atoms with Crippen molar-refractivity contribution in [1.29, 1.82) is 0 Å². The Labute approximate surface area is 132 Å². The topological polar surface area (TPSA) is 64.6 Å². The highest BCUT2D eigenvalue weighted by molar-refractivity contribution is 9.10. The van der Waals surface area contributed by atoms with Crippen molar-refractivity contribution in [1.82, 2.24) is 4.40 Å². The van der Waals surface area contributed by atoms with Crippen LogP contribution in [0.2, 0.25) is 0 Å². The molecule has 3 rings (SSSR count). The van der Waals surface area contributed by atoms with Gasteiger partial charge < -0.3 is 4.40 Å². The first kappa shape index (κ1) is 14.4. The second-order valence-corrected chi connectivity index (χ2v) is 5.44. The number of nitro groups is 1. The van der Waals surface area contributed by atoms with Crippen LogP contribution in [0.3, 0.4) is 0 Å². The van der Waals surface area contributed by atoms with Crippen molar-refractivity contribution in [3.05, 3.63) is 80.3 Å². The standard InChI is InChI=1S/C15H8BrFN2O3/c16-10-2-1-7-18-12(10)5-6-14(18)15(20)9-3-4-13(19(21)22)11(17)8-9/h1-8H. The Morgan fingerprint density at radius 3 is 2.68 bits per heavy atom. The van der Waals surface area contributed by atoms with E-state index < -0.39 is 22.2 Å².